The predicted molar refractivity (Wildman–Crippen MR) is 67.2 cm³/mol. The van der Waals surface area contributed by atoms with Crippen LogP contribution in [0.25, 0.3) is 0 Å². The molecule has 0 spiro atoms. The van der Waals surface area contributed by atoms with Crippen molar-refractivity contribution in [1.82, 2.24) is 0 Å². The molecule has 5 heteroatoms. The number of carbonyl (C=O) groups excluding carboxylic acids is 1. The molecule has 2 aromatic carbocycles. The molecule has 2 N–H and O–H groups in total. The second-order valence-electron chi connectivity index (χ2n) is 3.89. The van der Waals surface area contributed by atoms with Gasteiger partial charge in [0.1, 0.15) is 0 Å². The van der Waals surface area contributed by atoms with Gasteiger partial charge in [-0.15, -0.1) is 0 Å². The molecule has 0 saturated heterocycles. The minimum atomic E-state index is -1.08. The monoisotopic (exact) mass is 263 g/mol. The van der Waals surface area contributed by atoms with Gasteiger partial charge >= 0.3 is 0 Å². The quantitative estimate of drug-likeness (QED) is 0.684. The van der Waals surface area contributed by atoms with Crippen molar-refractivity contribution >= 4 is 11.5 Å². The van der Waals surface area contributed by atoms with Crippen molar-refractivity contribution in [3.05, 3.63) is 59.2 Å². The second kappa shape index (κ2) is 5.06. The number of hydrogen-bond acceptors (Lipinski definition) is 3. The lowest BCUT2D eigenvalue weighted by molar-refractivity contribution is 0.103. The Morgan fingerprint density at radius 1 is 1.16 bits per heavy atom. The first kappa shape index (κ1) is 13.0. The number of anilines is 1. The van der Waals surface area contributed by atoms with Crippen LogP contribution in [-0.2, 0) is 0 Å². The highest BCUT2D eigenvalue weighted by atomic mass is 19.2. The van der Waals surface area contributed by atoms with E-state index in [-0.39, 0.29) is 16.9 Å². The average Bonchev–Trinajstić information content (AvgIpc) is 2.40. The SMILES string of the molecule is COc1c(N)cccc1C(=O)c1ccc(F)c(F)c1. The van der Waals surface area contributed by atoms with E-state index in [0.717, 1.165) is 12.1 Å². The number of ether oxygens (including phenoxy) is 1. The zero-order valence-corrected chi connectivity index (χ0v) is 10.1. The zero-order chi connectivity index (χ0) is 14.0. The van der Waals surface area contributed by atoms with E-state index >= 15 is 0 Å². The summed E-state index contributed by atoms with van der Waals surface area (Å²) in [6.07, 6.45) is 0. The number of ketones is 1. The molecule has 3 nitrogen and oxygen atoms in total. The first-order valence-corrected chi connectivity index (χ1v) is 5.47. The minimum Gasteiger partial charge on any atom is -0.494 e. The molecule has 0 aliphatic rings. The third kappa shape index (κ3) is 2.40. The smallest absolute Gasteiger partial charge is 0.196 e. The van der Waals surface area contributed by atoms with E-state index in [0.29, 0.717) is 5.69 Å². The highest BCUT2D eigenvalue weighted by Crippen LogP contribution is 2.28. The Morgan fingerprint density at radius 2 is 1.89 bits per heavy atom. The van der Waals surface area contributed by atoms with Gasteiger partial charge < -0.3 is 10.5 Å². The number of carbonyl (C=O) groups is 1. The first-order valence-electron chi connectivity index (χ1n) is 5.47. The van der Waals surface area contributed by atoms with Gasteiger partial charge in [0, 0.05) is 5.56 Å². The van der Waals surface area contributed by atoms with Crippen LogP contribution >= 0.6 is 0 Å². The van der Waals surface area contributed by atoms with Crippen LogP contribution in [0.5, 0.6) is 5.75 Å². The van der Waals surface area contributed by atoms with Gasteiger partial charge in [0.25, 0.3) is 0 Å². The maximum Gasteiger partial charge on any atom is 0.196 e. The lowest BCUT2D eigenvalue weighted by Crippen LogP contribution is -2.06. The van der Waals surface area contributed by atoms with Crippen LogP contribution in [0.1, 0.15) is 15.9 Å². The average molecular weight is 263 g/mol. The van der Waals surface area contributed by atoms with E-state index in [1.165, 1.54) is 19.2 Å². The number of rotatable bonds is 3. The third-order valence-electron chi connectivity index (χ3n) is 2.68. The highest BCUT2D eigenvalue weighted by molar-refractivity contribution is 6.11. The first-order chi connectivity index (χ1) is 9.04. The minimum absolute atomic E-state index is 0.0304. The Bertz CT molecular complexity index is 641. The molecule has 2 rings (SSSR count). The molecule has 0 atom stereocenters. The summed E-state index contributed by atoms with van der Waals surface area (Å²) in [7, 11) is 1.38. The molecule has 0 fully saturated rings. The van der Waals surface area contributed by atoms with Gasteiger partial charge in [-0.1, -0.05) is 6.07 Å². The lowest BCUT2D eigenvalue weighted by atomic mass is 10.0. The molecule has 19 heavy (non-hydrogen) atoms. The molecule has 0 aliphatic carbocycles. The fourth-order valence-corrected chi connectivity index (χ4v) is 1.75. The van der Waals surface area contributed by atoms with Crippen LogP contribution in [0.3, 0.4) is 0 Å². The van der Waals surface area contributed by atoms with Gasteiger partial charge in [0.15, 0.2) is 23.2 Å². The lowest BCUT2D eigenvalue weighted by Gasteiger charge is -2.10. The third-order valence-corrected chi connectivity index (χ3v) is 2.68. The number of halogens is 2. The molecule has 0 aromatic heterocycles. The number of methoxy groups -OCH3 is 1. The van der Waals surface area contributed by atoms with Crippen molar-refractivity contribution in [2.45, 2.75) is 0 Å². The zero-order valence-electron chi connectivity index (χ0n) is 10.1. The van der Waals surface area contributed by atoms with Crippen molar-refractivity contribution in [1.29, 1.82) is 0 Å². The maximum atomic E-state index is 13.1. The number of nitrogen functional groups attached to an aromatic ring is 1. The molecule has 2 aromatic rings. The van der Waals surface area contributed by atoms with E-state index in [2.05, 4.69) is 0 Å². The second-order valence-corrected chi connectivity index (χ2v) is 3.89. The van der Waals surface area contributed by atoms with E-state index in [4.69, 9.17) is 10.5 Å². The summed E-state index contributed by atoms with van der Waals surface area (Å²) in [6, 6.07) is 7.65. The van der Waals surface area contributed by atoms with Crippen LogP contribution in [-0.4, -0.2) is 12.9 Å². The summed E-state index contributed by atoms with van der Waals surface area (Å²) in [6.45, 7) is 0. The van der Waals surface area contributed by atoms with Crippen molar-refractivity contribution < 1.29 is 18.3 Å². The van der Waals surface area contributed by atoms with Crippen LogP contribution in [0.15, 0.2) is 36.4 Å². The van der Waals surface area contributed by atoms with Crippen LogP contribution in [0, 0.1) is 11.6 Å². The Hall–Kier alpha value is -2.43. The fraction of sp³-hybridized carbons (Fsp3) is 0.0714. The predicted octanol–water partition coefficient (Wildman–Crippen LogP) is 2.79. The van der Waals surface area contributed by atoms with Gasteiger partial charge in [-0.05, 0) is 30.3 Å². The van der Waals surface area contributed by atoms with E-state index < -0.39 is 17.4 Å². The van der Waals surface area contributed by atoms with Gasteiger partial charge in [-0.25, -0.2) is 8.78 Å². The Balaban J connectivity index is 2.50. The number of para-hydroxylation sites is 1. The highest BCUT2D eigenvalue weighted by Gasteiger charge is 2.17. The standard InChI is InChI=1S/C14H11F2NO2/c1-19-14-9(3-2-4-12(14)17)13(18)8-5-6-10(15)11(16)7-8/h2-7H,17H2,1H3. The summed E-state index contributed by atoms with van der Waals surface area (Å²) < 4.78 is 31.0. The van der Waals surface area contributed by atoms with Crippen molar-refractivity contribution in [3.8, 4) is 5.75 Å². The summed E-state index contributed by atoms with van der Waals surface area (Å²) in [5, 5.41) is 0. The summed E-state index contributed by atoms with van der Waals surface area (Å²) in [4.78, 5) is 12.2. The largest absolute Gasteiger partial charge is 0.494 e. The molecule has 0 heterocycles. The van der Waals surface area contributed by atoms with Gasteiger partial charge in [-0.2, -0.15) is 0 Å². The van der Waals surface area contributed by atoms with E-state index in [1.807, 2.05) is 0 Å². The Labute approximate surface area is 108 Å². The number of benzene rings is 2. The molecular weight excluding hydrogens is 252 g/mol. The number of hydrogen-bond donors (Lipinski definition) is 1. The fourth-order valence-electron chi connectivity index (χ4n) is 1.75. The van der Waals surface area contributed by atoms with Crippen molar-refractivity contribution in [2.75, 3.05) is 12.8 Å². The van der Waals surface area contributed by atoms with Gasteiger partial charge in [-0.3, -0.25) is 4.79 Å². The van der Waals surface area contributed by atoms with Gasteiger partial charge in [0.2, 0.25) is 0 Å². The molecule has 0 bridgehead atoms. The van der Waals surface area contributed by atoms with E-state index in [9.17, 15) is 13.6 Å². The van der Waals surface area contributed by atoms with Gasteiger partial charge in [0.05, 0.1) is 18.4 Å². The van der Waals surface area contributed by atoms with Crippen molar-refractivity contribution in [3.63, 3.8) is 0 Å². The van der Waals surface area contributed by atoms with Crippen LogP contribution in [0.2, 0.25) is 0 Å². The molecule has 0 saturated carbocycles. The summed E-state index contributed by atoms with van der Waals surface area (Å²) in [5.41, 5.74) is 6.22. The Morgan fingerprint density at radius 3 is 2.53 bits per heavy atom. The van der Waals surface area contributed by atoms with Crippen molar-refractivity contribution in [2.24, 2.45) is 0 Å². The van der Waals surface area contributed by atoms with Crippen LogP contribution < -0.4 is 10.5 Å². The molecule has 0 aliphatic heterocycles. The molecule has 0 radical (unpaired) electrons. The molecule has 98 valence electrons. The number of nitrogens with two attached hydrogens (primary N) is 1. The van der Waals surface area contributed by atoms with E-state index in [1.54, 1.807) is 12.1 Å². The summed E-state index contributed by atoms with van der Waals surface area (Å²) in [5.74, 6) is -2.34. The Kier molecular flexibility index (Phi) is 3.46. The maximum absolute atomic E-state index is 13.1. The molecule has 0 amide bonds. The molecular formula is C14H11F2NO2. The topological polar surface area (TPSA) is 52.3 Å². The van der Waals surface area contributed by atoms with Crippen LogP contribution in [0.4, 0.5) is 14.5 Å². The summed E-state index contributed by atoms with van der Waals surface area (Å²) >= 11 is 0. The normalized spacial score (nSPS) is 10.3. The molecule has 0 unspecified atom stereocenters.